The average molecular weight is 210 g/mol. The van der Waals surface area contributed by atoms with Gasteiger partial charge < -0.3 is 14.6 Å². The summed E-state index contributed by atoms with van der Waals surface area (Å²) >= 11 is 0. The van der Waals surface area contributed by atoms with Gasteiger partial charge in [0.05, 0.1) is 13.2 Å². The molecule has 0 bridgehead atoms. The second-order valence-electron chi connectivity index (χ2n) is 3.12. The van der Waals surface area contributed by atoms with E-state index >= 15 is 0 Å². The van der Waals surface area contributed by atoms with Crippen molar-refractivity contribution in [2.24, 2.45) is 0 Å². The Morgan fingerprint density at radius 3 is 2.27 bits per heavy atom. The van der Waals surface area contributed by atoms with Crippen molar-refractivity contribution in [3.63, 3.8) is 0 Å². The molecule has 4 heteroatoms. The molecule has 15 heavy (non-hydrogen) atoms. The minimum atomic E-state index is -0.408. The maximum Gasteiger partial charge on any atom is 0.225 e. The van der Waals surface area contributed by atoms with Crippen molar-refractivity contribution >= 4 is 0 Å². The van der Waals surface area contributed by atoms with Gasteiger partial charge in [-0.1, -0.05) is 18.2 Å². The van der Waals surface area contributed by atoms with Crippen LogP contribution in [0.2, 0.25) is 0 Å². The molecule has 1 aromatic carbocycles. The molecule has 0 atom stereocenters. The van der Waals surface area contributed by atoms with Crippen molar-refractivity contribution in [2.45, 2.75) is 13.2 Å². The van der Waals surface area contributed by atoms with Gasteiger partial charge in [-0.05, 0) is 0 Å². The summed E-state index contributed by atoms with van der Waals surface area (Å²) in [5.74, 6) is -0.270. The Morgan fingerprint density at radius 1 is 1.13 bits per heavy atom. The molecular formula is C11H14O4. The van der Waals surface area contributed by atoms with Gasteiger partial charge >= 0.3 is 0 Å². The molecule has 0 aromatic heterocycles. The molecule has 1 aromatic rings. The maximum atomic E-state index is 11.7. The van der Waals surface area contributed by atoms with Crippen LogP contribution in [0.15, 0.2) is 23.0 Å². The summed E-state index contributed by atoms with van der Waals surface area (Å²) in [5, 5.41) is 9.65. The van der Waals surface area contributed by atoms with Crippen LogP contribution in [0.3, 0.4) is 0 Å². The smallest absolute Gasteiger partial charge is 0.225 e. The first-order chi connectivity index (χ1) is 7.20. The summed E-state index contributed by atoms with van der Waals surface area (Å²) in [7, 11) is 3.01. The van der Waals surface area contributed by atoms with Crippen LogP contribution in [0.25, 0.3) is 0 Å². The topological polar surface area (TPSA) is 55.8 Å². The van der Waals surface area contributed by atoms with Crippen molar-refractivity contribution in [2.75, 3.05) is 14.2 Å². The Hall–Kier alpha value is -1.39. The predicted octanol–water partition coefficient (Wildman–Crippen LogP) is 1.05. The SMILES string of the molecule is COCc1cccc(COC)c(=O)c1O. The zero-order valence-corrected chi connectivity index (χ0v) is 8.82. The number of hydrogen-bond acceptors (Lipinski definition) is 4. The fourth-order valence-corrected chi connectivity index (χ4v) is 1.27. The summed E-state index contributed by atoms with van der Waals surface area (Å²) in [6, 6.07) is 4.98. The Bertz CT molecular complexity index is 387. The van der Waals surface area contributed by atoms with Gasteiger partial charge in [0.15, 0.2) is 5.75 Å². The summed E-state index contributed by atoms with van der Waals surface area (Å²) in [6.07, 6.45) is 0. The van der Waals surface area contributed by atoms with E-state index in [-0.39, 0.29) is 19.0 Å². The van der Waals surface area contributed by atoms with Crippen LogP contribution in [-0.2, 0) is 22.7 Å². The summed E-state index contributed by atoms with van der Waals surface area (Å²) in [4.78, 5) is 11.7. The first-order valence-electron chi connectivity index (χ1n) is 4.52. The van der Waals surface area contributed by atoms with E-state index < -0.39 is 5.43 Å². The molecule has 0 spiro atoms. The quantitative estimate of drug-likeness (QED) is 0.806. The van der Waals surface area contributed by atoms with E-state index in [2.05, 4.69) is 0 Å². The number of ether oxygens (including phenoxy) is 2. The lowest BCUT2D eigenvalue weighted by Gasteiger charge is -1.98. The van der Waals surface area contributed by atoms with E-state index in [4.69, 9.17) is 9.47 Å². The highest BCUT2D eigenvalue weighted by atomic mass is 16.5. The highest BCUT2D eigenvalue weighted by molar-refractivity contribution is 5.33. The van der Waals surface area contributed by atoms with Gasteiger partial charge in [0.1, 0.15) is 0 Å². The second-order valence-corrected chi connectivity index (χ2v) is 3.12. The van der Waals surface area contributed by atoms with E-state index in [1.165, 1.54) is 14.2 Å². The van der Waals surface area contributed by atoms with Crippen molar-refractivity contribution < 1.29 is 14.6 Å². The molecule has 0 aliphatic rings. The maximum absolute atomic E-state index is 11.7. The number of aromatic hydroxyl groups is 1. The zero-order valence-electron chi connectivity index (χ0n) is 8.82. The van der Waals surface area contributed by atoms with E-state index in [1.807, 2.05) is 0 Å². The van der Waals surface area contributed by atoms with Crippen LogP contribution < -0.4 is 5.43 Å². The molecule has 0 unspecified atom stereocenters. The monoisotopic (exact) mass is 210 g/mol. The van der Waals surface area contributed by atoms with Crippen LogP contribution in [-0.4, -0.2) is 19.3 Å². The van der Waals surface area contributed by atoms with Gasteiger partial charge in [-0.3, -0.25) is 4.79 Å². The minimum Gasteiger partial charge on any atom is -0.504 e. The van der Waals surface area contributed by atoms with E-state index in [0.29, 0.717) is 11.1 Å². The predicted molar refractivity (Wildman–Crippen MR) is 55.8 cm³/mol. The molecular weight excluding hydrogens is 196 g/mol. The van der Waals surface area contributed by atoms with Gasteiger partial charge in [0.2, 0.25) is 5.43 Å². The van der Waals surface area contributed by atoms with Crippen molar-refractivity contribution in [1.29, 1.82) is 0 Å². The molecule has 0 heterocycles. The normalized spacial score (nSPS) is 10.3. The van der Waals surface area contributed by atoms with Crippen molar-refractivity contribution in [3.8, 4) is 5.75 Å². The van der Waals surface area contributed by atoms with E-state index in [9.17, 15) is 9.90 Å². The highest BCUT2D eigenvalue weighted by Gasteiger charge is 2.07. The lowest BCUT2D eigenvalue weighted by Crippen LogP contribution is -2.07. The van der Waals surface area contributed by atoms with Gasteiger partial charge in [0.25, 0.3) is 0 Å². The standard InChI is InChI=1S/C11H14O4/c1-14-6-8-4-3-5-9(7-15-2)11(13)10(8)12/h3-5H,6-7H2,1-2H3,(H,12,13). The lowest BCUT2D eigenvalue weighted by atomic mass is 10.2. The molecule has 0 fully saturated rings. The third-order valence-corrected chi connectivity index (χ3v) is 2.01. The molecule has 0 aliphatic carbocycles. The lowest BCUT2D eigenvalue weighted by molar-refractivity contribution is 0.180. The molecule has 1 rings (SSSR count). The summed E-state index contributed by atoms with van der Waals surface area (Å²) < 4.78 is 9.74. The third-order valence-electron chi connectivity index (χ3n) is 2.01. The number of rotatable bonds is 4. The van der Waals surface area contributed by atoms with Crippen molar-refractivity contribution in [3.05, 3.63) is 39.5 Å². The average Bonchev–Trinajstić information content (AvgIpc) is 2.35. The molecule has 1 N–H and O–H groups in total. The van der Waals surface area contributed by atoms with Gasteiger partial charge in [0, 0.05) is 25.3 Å². The molecule has 0 amide bonds. The molecule has 0 radical (unpaired) electrons. The zero-order chi connectivity index (χ0) is 11.3. The second kappa shape index (κ2) is 5.48. The van der Waals surface area contributed by atoms with Crippen LogP contribution in [0.1, 0.15) is 11.1 Å². The minimum absolute atomic E-state index is 0.188. The number of hydrogen-bond donors (Lipinski definition) is 1. The Kier molecular flexibility index (Phi) is 4.27. The van der Waals surface area contributed by atoms with Crippen LogP contribution >= 0.6 is 0 Å². The highest BCUT2D eigenvalue weighted by Crippen LogP contribution is 2.12. The van der Waals surface area contributed by atoms with Crippen molar-refractivity contribution in [1.82, 2.24) is 0 Å². The molecule has 82 valence electrons. The molecule has 4 nitrogen and oxygen atoms in total. The Labute approximate surface area is 88.1 Å². The van der Waals surface area contributed by atoms with E-state index in [0.717, 1.165) is 0 Å². The largest absolute Gasteiger partial charge is 0.504 e. The first-order valence-corrected chi connectivity index (χ1v) is 4.52. The Morgan fingerprint density at radius 2 is 1.67 bits per heavy atom. The third kappa shape index (κ3) is 2.78. The summed E-state index contributed by atoms with van der Waals surface area (Å²) in [5.41, 5.74) is 0.496. The van der Waals surface area contributed by atoms with Gasteiger partial charge in [-0.15, -0.1) is 0 Å². The fraction of sp³-hybridized carbons (Fsp3) is 0.364. The van der Waals surface area contributed by atoms with Crippen LogP contribution in [0, 0.1) is 0 Å². The fourth-order valence-electron chi connectivity index (χ4n) is 1.27. The first kappa shape index (κ1) is 11.7. The van der Waals surface area contributed by atoms with Crippen LogP contribution in [0.4, 0.5) is 0 Å². The summed E-state index contributed by atoms with van der Waals surface area (Å²) in [6.45, 7) is 0.398. The molecule has 0 saturated carbocycles. The van der Waals surface area contributed by atoms with Gasteiger partial charge in [-0.25, -0.2) is 0 Å². The molecule has 0 aliphatic heterocycles. The molecule has 0 saturated heterocycles. The Balaban J connectivity index is 3.24. The number of methoxy groups -OCH3 is 2. The van der Waals surface area contributed by atoms with Crippen LogP contribution in [0.5, 0.6) is 5.75 Å². The van der Waals surface area contributed by atoms with E-state index in [1.54, 1.807) is 18.2 Å². The van der Waals surface area contributed by atoms with Gasteiger partial charge in [-0.2, -0.15) is 0 Å².